The zero-order valence-electron chi connectivity index (χ0n) is 10.9. The molecule has 0 amide bonds. The van der Waals surface area contributed by atoms with Crippen molar-refractivity contribution in [3.05, 3.63) is 23.8 Å². The van der Waals surface area contributed by atoms with Gasteiger partial charge in [-0.25, -0.2) is 0 Å². The van der Waals surface area contributed by atoms with Gasteiger partial charge in [0.25, 0.3) is 0 Å². The molecule has 7 heteroatoms. The fourth-order valence-electron chi connectivity index (χ4n) is 1.65. The molecule has 2 N–H and O–H groups in total. The number of nitrogens with zero attached hydrogens (tertiary/aromatic N) is 2. The molecule has 1 heterocycles. The summed E-state index contributed by atoms with van der Waals surface area (Å²) < 4.78 is 7.26. The van der Waals surface area contributed by atoms with E-state index in [2.05, 4.69) is 10.2 Å². The Morgan fingerprint density at radius 3 is 2.63 bits per heavy atom. The molecule has 4 nitrogen and oxygen atoms in total. The summed E-state index contributed by atoms with van der Waals surface area (Å²) >= 11 is 4.76. The molecule has 102 valence electrons. The van der Waals surface area contributed by atoms with E-state index < -0.39 is 0 Å². The van der Waals surface area contributed by atoms with Crippen molar-refractivity contribution in [1.82, 2.24) is 10.2 Å². The van der Waals surface area contributed by atoms with Crippen LogP contribution in [-0.2, 0) is 0 Å². The topological polar surface area (TPSA) is 61.0 Å². The summed E-state index contributed by atoms with van der Waals surface area (Å²) in [6, 6.07) is 5.83. The first-order chi connectivity index (χ1) is 9.15. The molecule has 0 unspecified atom stereocenters. The molecule has 0 saturated heterocycles. The number of hydrogen-bond donors (Lipinski definition) is 1. The second-order valence-electron chi connectivity index (χ2n) is 3.80. The summed E-state index contributed by atoms with van der Waals surface area (Å²) in [7, 11) is 1.66. The molecular formula is C12H15N3OS3. The van der Waals surface area contributed by atoms with Gasteiger partial charge in [-0.15, -0.1) is 10.2 Å². The van der Waals surface area contributed by atoms with Gasteiger partial charge < -0.3 is 10.5 Å². The molecule has 0 aliphatic heterocycles. The third-order valence-electron chi connectivity index (χ3n) is 2.46. The zero-order valence-corrected chi connectivity index (χ0v) is 13.4. The molecule has 19 heavy (non-hydrogen) atoms. The van der Waals surface area contributed by atoms with Gasteiger partial charge in [0, 0.05) is 16.5 Å². The Hall–Kier alpha value is -0.760. The third kappa shape index (κ3) is 3.42. The maximum Gasteiger partial charge on any atom is 0.179 e. The highest BCUT2D eigenvalue weighted by molar-refractivity contribution is 8.03. The number of methoxy groups -OCH3 is 1. The number of hydrogen-bond acceptors (Lipinski definition) is 7. The van der Waals surface area contributed by atoms with Crippen LogP contribution in [0.25, 0.3) is 0 Å². The molecule has 0 bridgehead atoms. The van der Waals surface area contributed by atoms with Gasteiger partial charge >= 0.3 is 0 Å². The van der Waals surface area contributed by atoms with Crippen LogP contribution in [0.3, 0.4) is 0 Å². The number of aromatic nitrogens is 2. The van der Waals surface area contributed by atoms with Crippen LogP contribution in [0.4, 0.5) is 0 Å². The van der Waals surface area contributed by atoms with Gasteiger partial charge in [0.15, 0.2) is 8.68 Å². The van der Waals surface area contributed by atoms with Crippen molar-refractivity contribution in [1.29, 1.82) is 0 Å². The number of thioether (sulfide) groups is 1. The van der Waals surface area contributed by atoms with Crippen LogP contribution in [0.15, 0.2) is 31.8 Å². The van der Waals surface area contributed by atoms with E-state index in [-0.39, 0.29) is 6.04 Å². The summed E-state index contributed by atoms with van der Waals surface area (Å²) in [5.41, 5.74) is 7.06. The summed E-state index contributed by atoms with van der Waals surface area (Å²) in [4.78, 5) is 1.07. The minimum atomic E-state index is -0.0911. The van der Waals surface area contributed by atoms with Crippen molar-refractivity contribution in [3.63, 3.8) is 0 Å². The second kappa shape index (κ2) is 6.60. The first-order valence-electron chi connectivity index (χ1n) is 5.63. The van der Waals surface area contributed by atoms with Gasteiger partial charge in [-0.1, -0.05) is 40.9 Å². The van der Waals surface area contributed by atoms with Gasteiger partial charge in [0.1, 0.15) is 5.75 Å². The highest BCUT2D eigenvalue weighted by atomic mass is 32.2. The molecule has 1 aromatic heterocycles. The van der Waals surface area contributed by atoms with E-state index >= 15 is 0 Å². The summed E-state index contributed by atoms with van der Waals surface area (Å²) in [6.07, 6.45) is 1.99. The lowest BCUT2D eigenvalue weighted by Crippen LogP contribution is -2.08. The smallest absolute Gasteiger partial charge is 0.179 e. The maximum absolute atomic E-state index is 6.05. The van der Waals surface area contributed by atoms with Crippen molar-refractivity contribution < 1.29 is 4.74 Å². The molecule has 0 radical (unpaired) electrons. The minimum Gasteiger partial charge on any atom is -0.496 e. The van der Waals surface area contributed by atoms with Crippen molar-refractivity contribution in [2.45, 2.75) is 26.5 Å². The van der Waals surface area contributed by atoms with Crippen molar-refractivity contribution in [2.24, 2.45) is 5.73 Å². The first kappa shape index (κ1) is 14.6. The Morgan fingerprint density at radius 1 is 1.32 bits per heavy atom. The normalized spacial score (nSPS) is 12.4. The van der Waals surface area contributed by atoms with E-state index in [1.165, 1.54) is 0 Å². The molecule has 1 aromatic carbocycles. The first-order valence-corrected chi connectivity index (χ1v) is 8.49. The van der Waals surface area contributed by atoms with Gasteiger partial charge in [-0.2, -0.15) is 0 Å². The molecule has 1 atom stereocenters. The van der Waals surface area contributed by atoms with Crippen LogP contribution < -0.4 is 10.5 Å². The van der Waals surface area contributed by atoms with Crippen LogP contribution in [0.2, 0.25) is 0 Å². The van der Waals surface area contributed by atoms with Crippen LogP contribution in [0.5, 0.6) is 5.75 Å². The van der Waals surface area contributed by atoms with Crippen molar-refractivity contribution in [3.8, 4) is 5.75 Å². The van der Waals surface area contributed by atoms with Gasteiger partial charge in [-0.05, 0) is 25.3 Å². The lowest BCUT2D eigenvalue weighted by atomic mass is 10.1. The number of ether oxygens (including phenoxy) is 1. The van der Waals surface area contributed by atoms with Crippen LogP contribution in [-0.4, -0.2) is 23.6 Å². The predicted octanol–water partition coefficient (Wildman–Crippen LogP) is 3.44. The molecular weight excluding hydrogens is 298 g/mol. The molecule has 0 spiro atoms. The summed E-state index contributed by atoms with van der Waals surface area (Å²) in [5.74, 6) is 0.814. The van der Waals surface area contributed by atoms with E-state index in [1.807, 2.05) is 31.4 Å². The number of rotatable bonds is 5. The highest BCUT2D eigenvalue weighted by Gasteiger charge is 2.15. The Morgan fingerprint density at radius 2 is 2.05 bits per heavy atom. The molecule has 0 saturated carbocycles. The summed E-state index contributed by atoms with van der Waals surface area (Å²) in [5, 5.41) is 8.26. The van der Waals surface area contributed by atoms with E-state index in [9.17, 15) is 0 Å². The monoisotopic (exact) mass is 313 g/mol. The zero-order chi connectivity index (χ0) is 13.8. The van der Waals surface area contributed by atoms with Gasteiger partial charge in [-0.3, -0.25) is 0 Å². The third-order valence-corrected chi connectivity index (χ3v) is 5.49. The fraction of sp³-hybridized carbons (Fsp3) is 0.333. The molecule has 0 fully saturated rings. The molecule has 2 aromatic rings. The van der Waals surface area contributed by atoms with E-state index in [4.69, 9.17) is 10.5 Å². The quantitative estimate of drug-likeness (QED) is 0.853. The highest BCUT2D eigenvalue weighted by Crippen LogP contribution is 2.39. The number of benzene rings is 1. The average molecular weight is 313 g/mol. The van der Waals surface area contributed by atoms with Gasteiger partial charge in [0.05, 0.1) is 7.11 Å². The lowest BCUT2D eigenvalue weighted by molar-refractivity contribution is 0.405. The maximum atomic E-state index is 6.05. The van der Waals surface area contributed by atoms with Gasteiger partial charge in [0.2, 0.25) is 0 Å². The summed E-state index contributed by atoms with van der Waals surface area (Å²) in [6.45, 7) is 1.95. The predicted molar refractivity (Wildman–Crippen MR) is 81.4 cm³/mol. The van der Waals surface area contributed by atoms with E-state index in [0.717, 1.165) is 24.9 Å². The van der Waals surface area contributed by atoms with Crippen LogP contribution in [0.1, 0.15) is 18.5 Å². The fourth-order valence-corrected chi connectivity index (χ4v) is 4.30. The minimum absolute atomic E-state index is 0.0911. The largest absolute Gasteiger partial charge is 0.496 e. The molecule has 0 aliphatic rings. The Kier molecular flexibility index (Phi) is 5.09. The number of nitrogens with two attached hydrogens (primary N) is 1. The Balaban J connectivity index is 2.33. The molecule has 0 aliphatic carbocycles. The van der Waals surface area contributed by atoms with E-state index in [1.54, 1.807) is 42.0 Å². The molecule has 2 rings (SSSR count). The average Bonchev–Trinajstić information content (AvgIpc) is 2.85. The van der Waals surface area contributed by atoms with Crippen LogP contribution in [0, 0.1) is 0 Å². The Labute approximate surface area is 125 Å². The standard InChI is InChI=1S/C12H15N3OS3/c1-7(13)10-8(16-2)5-4-6-9(10)18-12-15-14-11(17-3)19-12/h4-7H,13H2,1-3H3/t7-/m1/s1. The van der Waals surface area contributed by atoms with Crippen molar-refractivity contribution in [2.75, 3.05) is 13.4 Å². The van der Waals surface area contributed by atoms with Crippen molar-refractivity contribution >= 4 is 34.9 Å². The van der Waals surface area contributed by atoms with Crippen LogP contribution >= 0.6 is 34.9 Å². The second-order valence-corrected chi connectivity index (χ2v) is 7.12. The Bertz CT molecular complexity index is 557. The SMILES string of the molecule is COc1cccc(Sc2nnc(SC)s2)c1[C@@H](C)N. The lowest BCUT2D eigenvalue weighted by Gasteiger charge is -2.15. The van der Waals surface area contributed by atoms with E-state index in [0.29, 0.717) is 0 Å².